The highest BCUT2D eigenvalue weighted by Crippen LogP contribution is 2.04. The van der Waals surface area contributed by atoms with Gasteiger partial charge in [-0.2, -0.15) is 0 Å². The van der Waals surface area contributed by atoms with Crippen molar-refractivity contribution in [3.05, 3.63) is 35.4 Å². The summed E-state index contributed by atoms with van der Waals surface area (Å²) in [5, 5.41) is 3.02. The lowest BCUT2D eigenvalue weighted by Crippen LogP contribution is -2.51. The van der Waals surface area contributed by atoms with Gasteiger partial charge in [0.25, 0.3) is 0 Å². The van der Waals surface area contributed by atoms with Gasteiger partial charge in [-0.05, 0) is 25.5 Å². The van der Waals surface area contributed by atoms with E-state index in [0.29, 0.717) is 6.54 Å². The van der Waals surface area contributed by atoms with Crippen molar-refractivity contribution in [1.82, 2.24) is 15.1 Å². The summed E-state index contributed by atoms with van der Waals surface area (Å²) in [7, 11) is 0. The fourth-order valence-corrected chi connectivity index (χ4v) is 2.45. The molecule has 0 aromatic heterocycles. The summed E-state index contributed by atoms with van der Waals surface area (Å²) in [5.74, 6) is 0. The molecule has 1 saturated heterocycles. The number of piperazine rings is 1. The molecule has 1 aromatic rings. The van der Waals surface area contributed by atoms with Crippen molar-refractivity contribution in [1.29, 1.82) is 0 Å². The zero-order valence-corrected chi connectivity index (χ0v) is 12.6. The maximum atomic E-state index is 12.0. The van der Waals surface area contributed by atoms with E-state index >= 15 is 0 Å². The summed E-state index contributed by atoms with van der Waals surface area (Å²) in [6, 6.07) is 8.55. The van der Waals surface area contributed by atoms with Crippen LogP contribution in [0.3, 0.4) is 0 Å². The fraction of sp³-hybridized carbons (Fsp3) is 0.562. The third-order valence-corrected chi connectivity index (χ3v) is 3.92. The molecule has 1 N–H and O–H groups in total. The van der Waals surface area contributed by atoms with Crippen LogP contribution in [-0.2, 0) is 6.42 Å². The van der Waals surface area contributed by atoms with Crippen molar-refractivity contribution in [2.75, 3.05) is 39.3 Å². The first-order chi connectivity index (χ1) is 9.69. The Kier molecular flexibility index (Phi) is 5.41. The Morgan fingerprint density at radius 1 is 1.15 bits per heavy atom. The van der Waals surface area contributed by atoms with E-state index in [1.54, 1.807) is 0 Å². The summed E-state index contributed by atoms with van der Waals surface area (Å²) < 4.78 is 0. The van der Waals surface area contributed by atoms with Crippen LogP contribution >= 0.6 is 0 Å². The van der Waals surface area contributed by atoms with E-state index in [0.717, 1.165) is 39.1 Å². The van der Waals surface area contributed by atoms with Gasteiger partial charge in [0.1, 0.15) is 0 Å². The van der Waals surface area contributed by atoms with Gasteiger partial charge < -0.3 is 15.1 Å². The van der Waals surface area contributed by atoms with Crippen LogP contribution in [0.2, 0.25) is 0 Å². The minimum atomic E-state index is 0.0767. The van der Waals surface area contributed by atoms with Gasteiger partial charge in [0.2, 0.25) is 0 Å². The monoisotopic (exact) mass is 275 g/mol. The summed E-state index contributed by atoms with van der Waals surface area (Å²) in [6.07, 6.45) is 0.890. The van der Waals surface area contributed by atoms with Gasteiger partial charge in [0.15, 0.2) is 0 Å². The van der Waals surface area contributed by atoms with Gasteiger partial charge >= 0.3 is 6.03 Å². The van der Waals surface area contributed by atoms with Crippen molar-refractivity contribution < 1.29 is 4.79 Å². The van der Waals surface area contributed by atoms with E-state index in [4.69, 9.17) is 0 Å². The number of hydrogen-bond donors (Lipinski definition) is 1. The molecule has 1 heterocycles. The third kappa shape index (κ3) is 4.23. The number of urea groups is 1. The predicted octanol–water partition coefficient (Wildman–Crippen LogP) is 1.88. The number of likely N-dealkylation sites (N-methyl/N-ethyl adjacent to an activating group) is 1. The third-order valence-electron chi connectivity index (χ3n) is 3.92. The molecule has 0 aliphatic carbocycles. The number of nitrogens with one attached hydrogen (secondary N) is 1. The number of carbonyl (C=O) groups excluding carboxylic acids is 1. The van der Waals surface area contributed by atoms with Crippen LogP contribution in [0.4, 0.5) is 4.79 Å². The number of nitrogens with zero attached hydrogens (tertiary/aromatic N) is 2. The maximum Gasteiger partial charge on any atom is 0.317 e. The summed E-state index contributed by atoms with van der Waals surface area (Å²) in [5.41, 5.74) is 2.54. The number of hydrogen-bond acceptors (Lipinski definition) is 2. The van der Waals surface area contributed by atoms with Crippen LogP contribution in [-0.4, -0.2) is 55.1 Å². The minimum Gasteiger partial charge on any atom is -0.338 e. The number of amides is 2. The van der Waals surface area contributed by atoms with Gasteiger partial charge in [-0.3, -0.25) is 0 Å². The van der Waals surface area contributed by atoms with E-state index in [1.807, 2.05) is 4.90 Å². The Hall–Kier alpha value is -1.55. The van der Waals surface area contributed by atoms with E-state index in [2.05, 4.69) is 48.3 Å². The first-order valence-corrected chi connectivity index (χ1v) is 7.49. The van der Waals surface area contributed by atoms with Gasteiger partial charge in [-0.25, -0.2) is 4.79 Å². The van der Waals surface area contributed by atoms with Crippen molar-refractivity contribution in [3.8, 4) is 0 Å². The Morgan fingerprint density at radius 3 is 2.40 bits per heavy atom. The summed E-state index contributed by atoms with van der Waals surface area (Å²) in [6.45, 7) is 9.68. The standard InChI is InChI=1S/C16H25N3O/c1-3-18-10-12-19(13-11-18)16(20)17-9-8-15-6-4-14(2)5-7-15/h4-7H,3,8-13H2,1-2H3,(H,17,20). The Bertz CT molecular complexity index is 422. The molecule has 1 aliphatic rings. The highest BCUT2D eigenvalue weighted by Gasteiger charge is 2.19. The molecule has 2 amide bonds. The molecule has 0 atom stereocenters. The second kappa shape index (κ2) is 7.29. The van der Waals surface area contributed by atoms with Crippen LogP contribution in [0.15, 0.2) is 24.3 Å². The highest BCUT2D eigenvalue weighted by atomic mass is 16.2. The minimum absolute atomic E-state index is 0.0767. The molecule has 4 nitrogen and oxygen atoms in total. The smallest absolute Gasteiger partial charge is 0.317 e. The molecule has 0 radical (unpaired) electrons. The topological polar surface area (TPSA) is 35.6 Å². The molecule has 0 spiro atoms. The predicted molar refractivity (Wildman–Crippen MR) is 82.0 cm³/mol. The zero-order valence-electron chi connectivity index (χ0n) is 12.6. The van der Waals surface area contributed by atoms with Crippen molar-refractivity contribution in [2.45, 2.75) is 20.3 Å². The molecule has 1 fully saturated rings. The molecule has 4 heteroatoms. The molecule has 1 aromatic carbocycles. The van der Waals surface area contributed by atoms with Crippen LogP contribution < -0.4 is 5.32 Å². The maximum absolute atomic E-state index is 12.0. The van der Waals surface area contributed by atoms with E-state index in [-0.39, 0.29) is 6.03 Å². The number of carbonyl (C=O) groups is 1. The van der Waals surface area contributed by atoms with E-state index in [1.165, 1.54) is 11.1 Å². The molecule has 0 bridgehead atoms. The van der Waals surface area contributed by atoms with Crippen molar-refractivity contribution in [2.24, 2.45) is 0 Å². The second-order valence-corrected chi connectivity index (χ2v) is 5.39. The first kappa shape index (κ1) is 14.9. The molecule has 1 aliphatic heterocycles. The fourth-order valence-electron chi connectivity index (χ4n) is 2.45. The number of benzene rings is 1. The number of rotatable bonds is 4. The van der Waals surface area contributed by atoms with Crippen molar-refractivity contribution in [3.63, 3.8) is 0 Å². The van der Waals surface area contributed by atoms with Crippen LogP contribution in [0.5, 0.6) is 0 Å². The van der Waals surface area contributed by atoms with E-state index < -0.39 is 0 Å². The van der Waals surface area contributed by atoms with Gasteiger partial charge in [0.05, 0.1) is 0 Å². The van der Waals surface area contributed by atoms with Gasteiger partial charge in [-0.15, -0.1) is 0 Å². The molecule has 110 valence electrons. The lowest BCUT2D eigenvalue weighted by molar-refractivity contribution is 0.143. The van der Waals surface area contributed by atoms with Gasteiger partial charge in [-0.1, -0.05) is 36.8 Å². The number of aryl methyl sites for hydroxylation is 1. The van der Waals surface area contributed by atoms with Gasteiger partial charge in [0, 0.05) is 32.7 Å². The Labute approximate surface area is 121 Å². The van der Waals surface area contributed by atoms with Crippen LogP contribution in [0.25, 0.3) is 0 Å². The molecule has 0 unspecified atom stereocenters. The SMILES string of the molecule is CCN1CCN(C(=O)NCCc2ccc(C)cc2)CC1. The molecule has 2 rings (SSSR count). The lowest BCUT2D eigenvalue weighted by atomic mass is 10.1. The Balaban J connectivity index is 1.69. The lowest BCUT2D eigenvalue weighted by Gasteiger charge is -2.34. The molecular weight excluding hydrogens is 250 g/mol. The molecule has 20 heavy (non-hydrogen) atoms. The first-order valence-electron chi connectivity index (χ1n) is 7.49. The highest BCUT2D eigenvalue weighted by molar-refractivity contribution is 5.74. The average Bonchev–Trinajstić information content (AvgIpc) is 2.49. The Morgan fingerprint density at radius 2 is 1.80 bits per heavy atom. The largest absolute Gasteiger partial charge is 0.338 e. The summed E-state index contributed by atoms with van der Waals surface area (Å²) >= 11 is 0. The second-order valence-electron chi connectivity index (χ2n) is 5.39. The van der Waals surface area contributed by atoms with Crippen LogP contribution in [0, 0.1) is 6.92 Å². The molecular formula is C16H25N3O. The zero-order chi connectivity index (χ0) is 14.4. The van der Waals surface area contributed by atoms with Crippen LogP contribution in [0.1, 0.15) is 18.1 Å². The average molecular weight is 275 g/mol. The quantitative estimate of drug-likeness (QED) is 0.911. The normalized spacial score (nSPS) is 16.2. The molecule has 0 saturated carbocycles. The van der Waals surface area contributed by atoms with E-state index in [9.17, 15) is 4.79 Å². The van der Waals surface area contributed by atoms with Crippen molar-refractivity contribution >= 4 is 6.03 Å². The summed E-state index contributed by atoms with van der Waals surface area (Å²) in [4.78, 5) is 16.3.